The van der Waals surface area contributed by atoms with Crippen LogP contribution in [0.25, 0.3) is 0 Å². The Morgan fingerprint density at radius 2 is 2.05 bits per heavy atom. The van der Waals surface area contributed by atoms with Crippen LogP contribution in [0, 0.1) is 5.92 Å². The van der Waals surface area contributed by atoms with Crippen molar-refractivity contribution >= 4 is 21.6 Å². The highest BCUT2D eigenvalue weighted by molar-refractivity contribution is 9.10. The molecule has 0 aliphatic rings. The molecule has 5 heteroatoms. The molecular weight excluding hydrogens is 306 g/mol. The minimum absolute atomic E-state index is 0.0816. The molecule has 0 spiro atoms. The summed E-state index contributed by atoms with van der Waals surface area (Å²) in [5.74, 6) is 0.745. The molecule has 0 saturated carbocycles. The van der Waals surface area contributed by atoms with Gasteiger partial charge in [0.15, 0.2) is 0 Å². The summed E-state index contributed by atoms with van der Waals surface area (Å²) in [5.41, 5.74) is 0.702. The zero-order valence-electron chi connectivity index (χ0n) is 12.2. The van der Waals surface area contributed by atoms with E-state index in [2.05, 4.69) is 47.1 Å². The maximum Gasteiger partial charge on any atom is 0.283 e. The summed E-state index contributed by atoms with van der Waals surface area (Å²) in [6.45, 7) is 9.11. The molecule has 1 aromatic rings. The second-order valence-corrected chi connectivity index (χ2v) is 6.16. The second-order valence-electron chi connectivity index (χ2n) is 5.36. The third-order valence-electron chi connectivity index (χ3n) is 3.10. The first kappa shape index (κ1) is 16.2. The summed E-state index contributed by atoms with van der Waals surface area (Å²) >= 11 is 3.36. The number of nitrogens with one attached hydrogen (secondary N) is 1. The molecule has 4 nitrogen and oxygen atoms in total. The third-order valence-corrected chi connectivity index (χ3v) is 3.87. The summed E-state index contributed by atoms with van der Waals surface area (Å²) in [7, 11) is 0. The molecule has 0 aliphatic heterocycles. The van der Waals surface area contributed by atoms with E-state index in [1.807, 2.05) is 6.92 Å². The van der Waals surface area contributed by atoms with Crippen molar-refractivity contribution in [3.8, 4) is 0 Å². The Morgan fingerprint density at radius 1 is 1.37 bits per heavy atom. The highest BCUT2D eigenvalue weighted by Gasteiger charge is 2.10. The van der Waals surface area contributed by atoms with Gasteiger partial charge in [-0.15, -0.1) is 0 Å². The van der Waals surface area contributed by atoms with E-state index in [-0.39, 0.29) is 5.56 Å². The van der Waals surface area contributed by atoms with E-state index >= 15 is 0 Å². The highest BCUT2D eigenvalue weighted by Crippen LogP contribution is 2.19. The molecule has 19 heavy (non-hydrogen) atoms. The number of hydrogen-bond acceptors (Lipinski definition) is 3. The van der Waals surface area contributed by atoms with Gasteiger partial charge >= 0.3 is 0 Å². The monoisotopic (exact) mass is 329 g/mol. The Balaban J connectivity index is 2.62. The number of aryl methyl sites for hydroxylation is 1. The van der Waals surface area contributed by atoms with Crippen LogP contribution in [0.3, 0.4) is 0 Å². The SMILES string of the molecule is CCn1ncc(NC(C)CCCC(C)C)c(Br)c1=O. The van der Waals surface area contributed by atoms with Gasteiger partial charge in [-0.25, -0.2) is 4.68 Å². The smallest absolute Gasteiger partial charge is 0.283 e. The second kappa shape index (κ2) is 7.68. The molecule has 0 saturated heterocycles. The zero-order chi connectivity index (χ0) is 14.4. The topological polar surface area (TPSA) is 46.9 Å². The van der Waals surface area contributed by atoms with Crippen molar-refractivity contribution in [1.29, 1.82) is 0 Å². The molecule has 0 bridgehead atoms. The van der Waals surface area contributed by atoms with E-state index in [0.717, 1.165) is 18.0 Å². The minimum Gasteiger partial charge on any atom is -0.380 e. The standard InChI is InChI=1S/C14H24BrN3O/c1-5-18-14(19)13(15)12(9-16-18)17-11(4)8-6-7-10(2)3/h9-11,17H,5-8H2,1-4H3. The van der Waals surface area contributed by atoms with E-state index in [1.165, 1.54) is 17.5 Å². The van der Waals surface area contributed by atoms with Crippen molar-refractivity contribution in [2.45, 2.75) is 59.5 Å². The summed E-state index contributed by atoms with van der Waals surface area (Å²) in [6, 6.07) is 0.341. The van der Waals surface area contributed by atoms with Crippen molar-refractivity contribution in [3.05, 3.63) is 21.0 Å². The maximum absolute atomic E-state index is 11.9. The van der Waals surface area contributed by atoms with Gasteiger partial charge in [-0.3, -0.25) is 4.79 Å². The van der Waals surface area contributed by atoms with Crippen molar-refractivity contribution < 1.29 is 0 Å². The van der Waals surface area contributed by atoms with E-state index < -0.39 is 0 Å². The largest absolute Gasteiger partial charge is 0.380 e. The van der Waals surface area contributed by atoms with Crippen LogP contribution >= 0.6 is 15.9 Å². The van der Waals surface area contributed by atoms with Crippen molar-refractivity contribution in [1.82, 2.24) is 9.78 Å². The first-order valence-corrected chi connectivity index (χ1v) is 7.77. The Morgan fingerprint density at radius 3 is 2.63 bits per heavy atom. The van der Waals surface area contributed by atoms with Gasteiger partial charge in [0, 0.05) is 12.6 Å². The Labute approximate surface area is 123 Å². The third kappa shape index (κ3) is 4.97. The predicted molar refractivity (Wildman–Crippen MR) is 83.6 cm³/mol. The van der Waals surface area contributed by atoms with Crippen LogP contribution in [0.4, 0.5) is 5.69 Å². The molecule has 0 amide bonds. The molecule has 0 radical (unpaired) electrons. The minimum atomic E-state index is -0.0816. The van der Waals surface area contributed by atoms with Crippen LogP contribution in [-0.2, 0) is 6.54 Å². The lowest BCUT2D eigenvalue weighted by molar-refractivity contribution is 0.520. The van der Waals surface area contributed by atoms with Gasteiger partial charge in [0.05, 0.1) is 11.9 Å². The summed E-state index contributed by atoms with van der Waals surface area (Å²) in [4.78, 5) is 11.9. The van der Waals surface area contributed by atoms with Gasteiger partial charge in [0.1, 0.15) is 4.47 Å². The fourth-order valence-corrected chi connectivity index (χ4v) is 2.38. The molecule has 108 valence electrons. The Bertz CT molecular complexity index is 456. The lowest BCUT2D eigenvalue weighted by Crippen LogP contribution is -2.25. The molecule has 1 atom stereocenters. The van der Waals surface area contributed by atoms with Gasteiger partial charge in [-0.2, -0.15) is 5.10 Å². The molecule has 1 unspecified atom stereocenters. The molecular formula is C14H24BrN3O. The average Bonchev–Trinajstić information content (AvgIpc) is 2.35. The lowest BCUT2D eigenvalue weighted by atomic mass is 10.0. The predicted octanol–water partition coefficient (Wildman–Crippen LogP) is 3.65. The lowest BCUT2D eigenvalue weighted by Gasteiger charge is -2.16. The van der Waals surface area contributed by atoms with Gasteiger partial charge < -0.3 is 5.32 Å². The molecule has 1 aromatic heterocycles. The van der Waals surface area contributed by atoms with Crippen LogP contribution in [0.5, 0.6) is 0 Å². The van der Waals surface area contributed by atoms with E-state index in [0.29, 0.717) is 17.1 Å². The van der Waals surface area contributed by atoms with Crippen LogP contribution < -0.4 is 10.9 Å². The number of anilines is 1. The molecule has 0 aromatic carbocycles. The normalized spacial score (nSPS) is 12.7. The molecule has 1 N–H and O–H groups in total. The van der Waals surface area contributed by atoms with Crippen molar-refractivity contribution in [2.24, 2.45) is 5.92 Å². The number of hydrogen-bond donors (Lipinski definition) is 1. The van der Waals surface area contributed by atoms with E-state index in [1.54, 1.807) is 6.20 Å². The fraction of sp³-hybridized carbons (Fsp3) is 0.714. The molecule has 1 heterocycles. The fourth-order valence-electron chi connectivity index (χ4n) is 1.96. The van der Waals surface area contributed by atoms with Gasteiger partial charge in [0.25, 0.3) is 5.56 Å². The number of aromatic nitrogens is 2. The summed E-state index contributed by atoms with van der Waals surface area (Å²) in [6.07, 6.45) is 5.25. The van der Waals surface area contributed by atoms with Crippen LogP contribution in [0.1, 0.15) is 47.0 Å². The average molecular weight is 330 g/mol. The quantitative estimate of drug-likeness (QED) is 0.830. The van der Waals surface area contributed by atoms with Gasteiger partial charge in [0.2, 0.25) is 0 Å². The van der Waals surface area contributed by atoms with Crippen LogP contribution in [-0.4, -0.2) is 15.8 Å². The number of nitrogens with zero attached hydrogens (tertiary/aromatic N) is 2. The Hall–Kier alpha value is -0.840. The van der Waals surface area contributed by atoms with Crippen LogP contribution in [0.15, 0.2) is 15.5 Å². The van der Waals surface area contributed by atoms with E-state index in [4.69, 9.17) is 0 Å². The van der Waals surface area contributed by atoms with Crippen molar-refractivity contribution in [3.63, 3.8) is 0 Å². The first-order chi connectivity index (χ1) is 8.95. The summed E-state index contributed by atoms with van der Waals surface area (Å²) in [5, 5.41) is 7.48. The molecule has 0 aliphatic carbocycles. The molecule has 1 rings (SSSR count). The van der Waals surface area contributed by atoms with E-state index in [9.17, 15) is 4.79 Å². The van der Waals surface area contributed by atoms with Crippen LogP contribution in [0.2, 0.25) is 0 Å². The highest BCUT2D eigenvalue weighted by atomic mass is 79.9. The molecule has 0 fully saturated rings. The maximum atomic E-state index is 11.9. The van der Waals surface area contributed by atoms with Gasteiger partial charge in [-0.05, 0) is 42.1 Å². The number of rotatable bonds is 7. The van der Waals surface area contributed by atoms with Crippen molar-refractivity contribution in [2.75, 3.05) is 5.32 Å². The first-order valence-electron chi connectivity index (χ1n) is 6.97. The zero-order valence-corrected chi connectivity index (χ0v) is 13.8. The van der Waals surface area contributed by atoms with Gasteiger partial charge in [-0.1, -0.05) is 26.7 Å². The Kier molecular flexibility index (Phi) is 6.55. The number of halogens is 1. The summed E-state index contributed by atoms with van der Waals surface area (Å²) < 4.78 is 2.01.